The molecule has 0 saturated carbocycles. The lowest BCUT2D eigenvalue weighted by Crippen LogP contribution is -2.32. The van der Waals surface area contributed by atoms with Crippen LogP contribution in [0.2, 0.25) is 0 Å². The summed E-state index contributed by atoms with van der Waals surface area (Å²) in [6.07, 6.45) is 6.22. The summed E-state index contributed by atoms with van der Waals surface area (Å²) >= 11 is 0. The lowest BCUT2D eigenvalue weighted by molar-refractivity contribution is -0.633. The minimum Gasteiger partial charge on any atom is -0.257 e. The summed E-state index contributed by atoms with van der Waals surface area (Å²) in [6, 6.07) is 74.0. The summed E-state index contributed by atoms with van der Waals surface area (Å²) in [4.78, 5) is 4.47. The van der Waals surface area contributed by atoms with Crippen molar-refractivity contribution in [3.8, 4) is 56.3 Å². The molecule has 0 saturated heterocycles. The van der Waals surface area contributed by atoms with Crippen LogP contribution in [0.5, 0.6) is 0 Å². The lowest BCUT2D eigenvalue weighted by Gasteiger charge is -2.12. The fourth-order valence-corrected chi connectivity index (χ4v) is 17.2. The van der Waals surface area contributed by atoms with Crippen LogP contribution in [0.25, 0.3) is 111 Å². The molecule has 6 heterocycles. The molecule has 6 nitrogen and oxygen atoms in total. The maximum Gasteiger partial charge on any atom is 0.231 e. The van der Waals surface area contributed by atoms with Gasteiger partial charge in [-0.25, -0.2) is 0 Å². The Hall–Kier alpha value is -10.8. The molecule has 15 aromatic rings. The van der Waals surface area contributed by atoms with Crippen LogP contribution >= 0.6 is 0 Å². The van der Waals surface area contributed by atoms with E-state index in [1.807, 2.05) is 12.4 Å². The van der Waals surface area contributed by atoms with Crippen LogP contribution in [-0.2, 0) is 48.1 Å². The largest absolute Gasteiger partial charge is 0.257 e. The molecule has 0 amide bonds. The summed E-state index contributed by atoms with van der Waals surface area (Å²) in [5, 5.41) is 6.68. The molecule has 584 valence electrons. The molecule has 15 rings (SSSR count). The van der Waals surface area contributed by atoms with E-state index in [9.17, 15) is 0 Å². The minimum absolute atomic E-state index is 0.472. The van der Waals surface area contributed by atoms with Crippen LogP contribution < -0.4 is 22.8 Å². The molecule has 0 fully saturated rings. The van der Waals surface area contributed by atoms with Crippen LogP contribution in [0, 0.1) is 116 Å². The van der Waals surface area contributed by atoms with Crippen molar-refractivity contribution < 1.29 is 22.8 Å². The molecule has 9 aromatic carbocycles. The van der Waals surface area contributed by atoms with Crippen molar-refractivity contribution in [3.05, 3.63) is 318 Å². The van der Waals surface area contributed by atoms with Crippen LogP contribution in [0.3, 0.4) is 0 Å². The second-order valence-corrected chi connectivity index (χ2v) is 34.4. The third kappa shape index (κ3) is 18.1. The monoisotopic (exact) mass is 1510 g/mol. The molecule has 0 bridgehead atoms. The lowest BCUT2D eigenvalue weighted by atomic mass is 9.95. The van der Waals surface area contributed by atoms with Crippen molar-refractivity contribution in [1.29, 1.82) is 0 Å². The number of benzene rings is 9. The van der Waals surface area contributed by atoms with E-state index in [1.165, 1.54) is 217 Å². The highest BCUT2D eigenvalue weighted by Crippen LogP contribution is 2.35. The Bertz CT molecular complexity index is 5820. The van der Waals surface area contributed by atoms with E-state index in [0.717, 1.165) is 12.8 Å². The molecule has 0 spiro atoms. The molecule has 0 radical (unpaired) electrons. The van der Waals surface area contributed by atoms with Crippen molar-refractivity contribution in [2.45, 2.75) is 184 Å². The number of aromatic nitrogens is 6. The molecule has 6 aromatic heterocycles. The number of rotatable bonds is 11. The van der Waals surface area contributed by atoms with Gasteiger partial charge in [0.05, 0.1) is 11.6 Å². The average Bonchev–Trinajstić information content (AvgIpc) is 0.782. The third-order valence-electron chi connectivity index (χ3n) is 24.0. The molecule has 114 heavy (non-hydrogen) atoms. The maximum absolute atomic E-state index is 4.47. The normalized spacial score (nSPS) is 11.4. The number of hydrogen-bond acceptors (Lipinski definition) is 1. The predicted octanol–water partition coefficient (Wildman–Crippen LogP) is 25.3. The van der Waals surface area contributed by atoms with Gasteiger partial charge in [-0.05, 0) is 285 Å². The summed E-state index contributed by atoms with van der Waals surface area (Å²) in [5.41, 5.74) is 45.2. The van der Waals surface area contributed by atoms with E-state index in [1.54, 1.807) is 0 Å². The number of nitrogens with zero attached hydrogens (tertiary/aromatic N) is 6. The fraction of sp³-hybridized carbons (Fsp3) is 0.315. The molecule has 0 aliphatic heterocycles. The topological polar surface area (TPSA) is 32.3 Å². The molecule has 0 aliphatic carbocycles. The van der Waals surface area contributed by atoms with Crippen LogP contribution in [0.15, 0.2) is 213 Å². The second-order valence-electron chi connectivity index (χ2n) is 34.4. The zero-order valence-electron chi connectivity index (χ0n) is 74.1. The minimum atomic E-state index is 0.472. The molecule has 0 atom stereocenters. The number of para-hydroxylation sites is 1. The predicted molar refractivity (Wildman–Crippen MR) is 487 cm³/mol. The summed E-state index contributed by atoms with van der Waals surface area (Å²) in [5.74, 6) is 2.34. The Labute approximate surface area is 683 Å². The smallest absolute Gasteiger partial charge is 0.231 e. The first-order chi connectivity index (χ1) is 54.1. The molecule has 6 heteroatoms. The second kappa shape index (κ2) is 35.7. The van der Waals surface area contributed by atoms with Gasteiger partial charge >= 0.3 is 0 Å². The standard InChI is InChI=1S/2C23H28N.C22H26N.C21H25N2.C19H20N/c2*1-15(2)12-19-8-7-9-22-20(19)10-11-23(24(22)6)21-14-16(3)13-17(4)18(21)5;1-14(2)18-8-7-9-21-19(18)10-11-22(23(21)6)20-13-15(3)12-16(4)17(20)5;1-13(2)19-11-22-12-21-17(19)7-8-20(23(21)6)18-10-14(3)9-15(4)16(18)5;1-13-11-14(2)15(3)17(12-13)19-10-9-16-7-5-6-8-18(16)20(19)4/h2*7-11,13-15H,12H2,1-6H3;7-14H,1-6H3;7-13H,1-6H3;5-12H,1-4H3/q5*+1. The van der Waals surface area contributed by atoms with Crippen LogP contribution in [0.4, 0.5) is 0 Å². The van der Waals surface area contributed by atoms with Gasteiger partial charge in [0.1, 0.15) is 35.2 Å². The molecular weight excluding hydrogens is 1380 g/mol. The van der Waals surface area contributed by atoms with E-state index >= 15 is 0 Å². The van der Waals surface area contributed by atoms with Crippen molar-refractivity contribution in [1.82, 2.24) is 4.98 Å². The van der Waals surface area contributed by atoms with E-state index in [-0.39, 0.29) is 0 Å². The first-order valence-corrected chi connectivity index (χ1v) is 41.4. The number of fused-ring (bicyclic) bond motifs is 5. The first kappa shape index (κ1) is 84.1. The number of aryl methyl sites for hydroxylation is 15. The fourth-order valence-electron chi connectivity index (χ4n) is 17.2. The molecule has 0 N–H and O–H groups in total. The van der Waals surface area contributed by atoms with Crippen LogP contribution in [0.1, 0.15) is 173 Å². The zero-order chi connectivity index (χ0) is 82.6. The highest BCUT2D eigenvalue weighted by Gasteiger charge is 2.25. The highest BCUT2D eigenvalue weighted by atomic mass is 15.0. The van der Waals surface area contributed by atoms with Gasteiger partial charge < -0.3 is 0 Å². The van der Waals surface area contributed by atoms with Gasteiger partial charge in [0, 0.05) is 110 Å². The maximum atomic E-state index is 4.47. The zero-order valence-corrected chi connectivity index (χ0v) is 74.1. The quantitative estimate of drug-likeness (QED) is 0.119. The third-order valence-corrected chi connectivity index (χ3v) is 24.0. The van der Waals surface area contributed by atoms with Gasteiger partial charge in [-0.2, -0.15) is 22.8 Å². The summed E-state index contributed by atoms with van der Waals surface area (Å²) in [7, 11) is 10.8. The van der Waals surface area contributed by atoms with Gasteiger partial charge in [0.2, 0.25) is 56.1 Å². The molecule has 0 unspecified atom stereocenters. The number of hydrogen-bond donors (Lipinski definition) is 0. The van der Waals surface area contributed by atoms with Gasteiger partial charge in [-0.1, -0.05) is 162 Å². The number of pyridine rings is 6. The molecular formula is C108H127N6+5. The van der Waals surface area contributed by atoms with Crippen LogP contribution in [-0.4, -0.2) is 4.98 Å². The van der Waals surface area contributed by atoms with E-state index < -0.39 is 0 Å². The van der Waals surface area contributed by atoms with Gasteiger partial charge in [0.25, 0.3) is 0 Å². The first-order valence-electron chi connectivity index (χ1n) is 41.4. The Morgan fingerprint density at radius 3 is 0.877 bits per heavy atom. The Balaban J connectivity index is 0.000000141. The summed E-state index contributed by atoms with van der Waals surface area (Å²) in [6.45, 7) is 51.0. The Kier molecular flexibility index (Phi) is 26.3. The van der Waals surface area contributed by atoms with E-state index in [4.69, 9.17) is 0 Å². The van der Waals surface area contributed by atoms with Gasteiger partial charge in [0.15, 0.2) is 0 Å². The SMILES string of the molecule is Cc1cc(C)c(C)c(-c2ccc3c(C(C)C)cccc3[n+]2C)c1.Cc1cc(C)c(C)c(-c2ccc3c(C(C)C)cncc3[n+]2C)c1.Cc1cc(C)c(C)c(-c2ccc3c(CC(C)C)cccc3[n+]2C)c1.Cc1cc(C)c(C)c(-c2ccc3c(CC(C)C)cccc3[n+]2C)c1.Cc1cc(C)c(C)c(-c2ccc3ccccc3[n+]2C)c1. The molecule has 0 aliphatic rings. The summed E-state index contributed by atoms with van der Waals surface area (Å²) < 4.78 is 11.6. The van der Waals surface area contributed by atoms with Crippen molar-refractivity contribution in [2.24, 2.45) is 47.1 Å². The van der Waals surface area contributed by atoms with Crippen molar-refractivity contribution >= 4 is 54.5 Å². The van der Waals surface area contributed by atoms with E-state index in [0.29, 0.717) is 23.7 Å². The Morgan fingerprint density at radius 1 is 0.254 bits per heavy atom. The van der Waals surface area contributed by atoms with Gasteiger partial charge in [-0.15, -0.1) is 0 Å². The van der Waals surface area contributed by atoms with Crippen molar-refractivity contribution in [3.63, 3.8) is 0 Å². The average molecular weight is 1510 g/mol. The van der Waals surface area contributed by atoms with Gasteiger partial charge in [-0.3, -0.25) is 4.98 Å². The van der Waals surface area contributed by atoms with Crippen molar-refractivity contribution in [2.75, 3.05) is 0 Å². The highest BCUT2D eigenvalue weighted by molar-refractivity contribution is 5.86. The van der Waals surface area contributed by atoms with E-state index in [2.05, 4.69) is 422 Å². The Morgan fingerprint density at radius 2 is 0.535 bits per heavy atom.